The van der Waals surface area contributed by atoms with Gasteiger partial charge in [0.2, 0.25) is 0 Å². The van der Waals surface area contributed by atoms with E-state index < -0.39 is 0 Å². The highest BCUT2D eigenvalue weighted by Gasteiger charge is 2.29. The molecule has 144 valence electrons. The van der Waals surface area contributed by atoms with Crippen LogP contribution in [0.15, 0.2) is 42.5 Å². The van der Waals surface area contributed by atoms with Crippen LogP contribution in [0.5, 0.6) is 5.75 Å². The first-order valence-electron chi connectivity index (χ1n) is 9.68. The van der Waals surface area contributed by atoms with Crippen molar-refractivity contribution in [3.05, 3.63) is 59.2 Å². The molecule has 1 fully saturated rings. The number of benzene rings is 2. The van der Waals surface area contributed by atoms with Crippen molar-refractivity contribution in [1.29, 1.82) is 0 Å². The number of nitrogens with one attached hydrogen (secondary N) is 3. The first-order valence-corrected chi connectivity index (χ1v) is 10.1. The summed E-state index contributed by atoms with van der Waals surface area (Å²) < 4.78 is 5.63. The van der Waals surface area contributed by atoms with Gasteiger partial charge in [0.25, 0.3) is 0 Å². The van der Waals surface area contributed by atoms with Crippen molar-refractivity contribution in [1.82, 2.24) is 5.32 Å². The van der Waals surface area contributed by atoms with Crippen LogP contribution in [0.3, 0.4) is 0 Å². The van der Waals surface area contributed by atoms with Gasteiger partial charge in [0, 0.05) is 18.5 Å². The minimum atomic E-state index is 0.321. The van der Waals surface area contributed by atoms with E-state index in [1.54, 1.807) is 12.0 Å². The first-order chi connectivity index (χ1) is 13.1. The molecule has 1 saturated heterocycles. The van der Waals surface area contributed by atoms with Gasteiger partial charge in [0.15, 0.2) is 5.11 Å². The molecule has 1 atom stereocenters. The number of hydrogen-bond donors (Lipinski definition) is 3. The Morgan fingerprint density at radius 3 is 2.59 bits per heavy atom. The van der Waals surface area contributed by atoms with Gasteiger partial charge in [-0.3, -0.25) is 0 Å². The molecule has 0 spiro atoms. The van der Waals surface area contributed by atoms with E-state index >= 15 is 0 Å². The Balaban J connectivity index is 1.71. The van der Waals surface area contributed by atoms with Crippen LogP contribution < -0.4 is 20.3 Å². The monoisotopic (exact) mass is 384 g/mol. The highest BCUT2D eigenvalue weighted by atomic mass is 32.1. The van der Waals surface area contributed by atoms with Gasteiger partial charge in [-0.05, 0) is 55.4 Å². The number of quaternary nitrogens is 1. The summed E-state index contributed by atoms with van der Waals surface area (Å²) in [7, 11) is 1.75. The minimum absolute atomic E-state index is 0.321. The third-order valence-corrected chi connectivity index (χ3v) is 5.82. The van der Waals surface area contributed by atoms with E-state index in [1.165, 1.54) is 42.6 Å². The Morgan fingerprint density at radius 2 is 1.85 bits per heavy atom. The Morgan fingerprint density at radius 1 is 1.11 bits per heavy atom. The number of thiocarbonyl (C=S) groups is 1. The summed E-state index contributed by atoms with van der Waals surface area (Å²) in [6.45, 7) is 7.41. The van der Waals surface area contributed by atoms with Crippen LogP contribution in [-0.4, -0.2) is 31.9 Å². The Kier molecular flexibility index (Phi) is 6.69. The van der Waals surface area contributed by atoms with Crippen molar-refractivity contribution >= 4 is 23.0 Å². The largest absolute Gasteiger partial charge is 0.496 e. The second-order valence-corrected chi connectivity index (χ2v) is 7.65. The van der Waals surface area contributed by atoms with E-state index in [-0.39, 0.29) is 0 Å². The van der Waals surface area contributed by atoms with Crippen LogP contribution in [0, 0.1) is 13.8 Å². The van der Waals surface area contributed by atoms with E-state index in [4.69, 9.17) is 17.0 Å². The number of ether oxygens (including phenoxy) is 1. The number of rotatable bonds is 6. The zero-order valence-electron chi connectivity index (χ0n) is 16.5. The quantitative estimate of drug-likeness (QED) is 0.670. The van der Waals surface area contributed by atoms with Crippen molar-refractivity contribution in [2.45, 2.75) is 32.7 Å². The molecule has 1 aliphatic rings. The van der Waals surface area contributed by atoms with Gasteiger partial charge >= 0.3 is 0 Å². The van der Waals surface area contributed by atoms with Gasteiger partial charge < -0.3 is 20.3 Å². The van der Waals surface area contributed by atoms with E-state index in [0.29, 0.717) is 11.2 Å². The maximum Gasteiger partial charge on any atom is 0.171 e. The topological polar surface area (TPSA) is 37.7 Å². The number of para-hydroxylation sites is 1. The highest BCUT2D eigenvalue weighted by Crippen LogP contribution is 2.23. The van der Waals surface area contributed by atoms with Gasteiger partial charge in [-0.25, -0.2) is 0 Å². The van der Waals surface area contributed by atoms with Crippen molar-refractivity contribution < 1.29 is 9.64 Å². The van der Waals surface area contributed by atoms with Gasteiger partial charge in [-0.2, -0.15) is 0 Å². The van der Waals surface area contributed by atoms with E-state index in [2.05, 4.69) is 54.8 Å². The Bertz CT molecular complexity index is 787. The molecule has 2 aromatic carbocycles. The molecule has 0 saturated carbocycles. The van der Waals surface area contributed by atoms with Crippen LogP contribution in [-0.2, 0) is 0 Å². The van der Waals surface area contributed by atoms with Crippen LogP contribution in [0.4, 0.5) is 5.69 Å². The molecule has 1 heterocycles. The van der Waals surface area contributed by atoms with Crippen molar-refractivity contribution in [3.63, 3.8) is 0 Å². The lowest BCUT2D eigenvalue weighted by Gasteiger charge is -2.27. The molecule has 2 aromatic rings. The average molecular weight is 385 g/mol. The molecule has 0 aliphatic carbocycles. The summed E-state index contributed by atoms with van der Waals surface area (Å²) in [6, 6.07) is 14.9. The van der Waals surface area contributed by atoms with Crippen molar-refractivity contribution in [2.75, 3.05) is 32.1 Å². The Hall–Kier alpha value is -2.11. The second-order valence-electron chi connectivity index (χ2n) is 7.24. The fraction of sp³-hybridized carbons (Fsp3) is 0.409. The van der Waals surface area contributed by atoms with Crippen LogP contribution in [0.2, 0.25) is 0 Å². The smallest absolute Gasteiger partial charge is 0.171 e. The molecule has 0 bridgehead atoms. The average Bonchev–Trinajstić information content (AvgIpc) is 3.20. The van der Waals surface area contributed by atoms with Gasteiger partial charge in [0.1, 0.15) is 11.8 Å². The highest BCUT2D eigenvalue weighted by molar-refractivity contribution is 7.80. The summed E-state index contributed by atoms with van der Waals surface area (Å²) in [5, 5.41) is 7.47. The van der Waals surface area contributed by atoms with Gasteiger partial charge in [0.05, 0.1) is 32.3 Å². The number of anilines is 1. The predicted molar refractivity (Wildman–Crippen MR) is 116 cm³/mol. The molecule has 27 heavy (non-hydrogen) atoms. The summed E-state index contributed by atoms with van der Waals surface area (Å²) in [5.74, 6) is 0.956. The van der Waals surface area contributed by atoms with Crippen molar-refractivity contribution in [2.24, 2.45) is 0 Å². The summed E-state index contributed by atoms with van der Waals surface area (Å²) in [6.07, 6.45) is 2.57. The fourth-order valence-electron chi connectivity index (χ4n) is 3.85. The number of aryl methyl sites for hydroxylation is 1. The maximum atomic E-state index is 5.63. The minimum Gasteiger partial charge on any atom is -0.496 e. The number of likely N-dealkylation sites (tertiary alicyclic amines) is 1. The molecular formula is C22H30N3OS+. The third-order valence-electron chi connectivity index (χ3n) is 5.57. The van der Waals surface area contributed by atoms with Crippen LogP contribution in [0.1, 0.15) is 35.6 Å². The zero-order valence-corrected chi connectivity index (χ0v) is 17.3. The van der Waals surface area contributed by atoms with E-state index in [1.807, 2.05) is 12.1 Å². The lowest BCUT2D eigenvalue weighted by Crippen LogP contribution is -3.11. The SMILES string of the molecule is COc1ccccc1[C@H](CNC(=S)Nc1cccc(C)c1C)[NH+]1CCCC1. The molecule has 1 aliphatic heterocycles. The number of hydrogen-bond acceptors (Lipinski definition) is 2. The molecular weight excluding hydrogens is 354 g/mol. The predicted octanol–water partition coefficient (Wildman–Crippen LogP) is 3.02. The molecule has 4 nitrogen and oxygen atoms in total. The molecule has 5 heteroatoms. The summed E-state index contributed by atoms with van der Waals surface area (Å²) in [4.78, 5) is 1.60. The van der Waals surface area contributed by atoms with Crippen LogP contribution >= 0.6 is 12.2 Å². The van der Waals surface area contributed by atoms with E-state index in [0.717, 1.165) is 18.0 Å². The van der Waals surface area contributed by atoms with Crippen molar-refractivity contribution in [3.8, 4) is 5.75 Å². The standard InChI is InChI=1S/C22H29N3OS/c1-16-9-8-11-19(17(16)2)24-22(27)23-15-20(25-13-6-7-14-25)18-10-4-5-12-21(18)26-3/h4-5,8-12,20H,6-7,13-15H2,1-3H3,(H2,23,24,27)/p+1/t20-/m0/s1. The molecule has 3 N–H and O–H groups in total. The normalized spacial score (nSPS) is 15.4. The maximum absolute atomic E-state index is 5.63. The summed E-state index contributed by atoms with van der Waals surface area (Å²) in [5.41, 5.74) is 4.80. The summed E-state index contributed by atoms with van der Waals surface area (Å²) >= 11 is 5.58. The lowest BCUT2D eigenvalue weighted by atomic mass is 10.0. The molecule has 0 aromatic heterocycles. The fourth-order valence-corrected chi connectivity index (χ4v) is 4.05. The molecule has 0 amide bonds. The zero-order chi connectivity index (χ0) is 19.2. The molecule has 0 unspecified atom stereocenters. The van der Waals surface area contributed by atoms with Gasteiger partial charge in [-0.1, -0.05) is 24.3 Å². The second kappa shape index (κ2) is 9.20. The lowest BCUT2D eigenvalue weighted by molar-refractivity contribution is -0.918. The van der Waals surface area contributed by atoms with E-state index in [9.17, 15) is 0 Å². The Labute approximate surface area is 167 Å². The number of methoxy groups -OCH3 is 1. The van der Waals surface area contributed by atoms with Gasteiger partial charge in [-0.15, -0.1) is 0 Å². The molecule has 3 rings (SSSR count). The third kappa shape index (κ3) is 4.79. The van der Waals surface area contributed by atoms with Crippen LogP contribution in [0.25, 0.3) is 0 Å². The molecule has 0 radical (unpaired) electrons. The first kappa shape index (κ1) is 19.6.